The van der Waals surface area contributed by atoms with Crippen molar-refractivity contribution >= 4 is 0 Å². The van der Waals surface area contributed by atoms with Crippen LogP contribution >= 0.6 is 0 Å². The minimum atomic E-state index is 0. The Morgan fingerprint density at radius 3 is 2.00 bits per heavy atom. The number of hydrogen-bond acceptors (Lipinski definition) is 1. The fourth-order valence-electron chi connectivity index (χ4n) is 0. The Morgan fingerprint density at radius 2 is 2.00 bits per heavy atom. The fraction of sp³-hybridized carbons (Fsp3) is 0.500. The van der Waals surface area contributed by atoms with Gasteiger partial charge in [-0.2, -0.15) is 0 Å². The summed E-state index contributed by atoms with van der Waals surface area (Å²) >= 11 is 0. The molecule has 0 amide bonds. The standard InChI is InChI=1S/C4H8O.U/c1-4(2)3-5;/h5H,1,3H2,2H3;. The van der Waals surface area contributed by atoms with Crippen LogP contribution in [0.4, 0.5) is 0 Å². The van der Waals surface area contributed by atoms with Crippen LogP contribution in [-0.2, 0) is 0 Å². The third-order valence-electron chi connectivity index (χ3n) is 0.270. The molecule has 0 radical (unpaired) electrons. The van der Waals surface area contributed by atoms with Gasteiger partial charge in [0.15, 0.2) is 0 Å². The second kappa shape index (κ2) is 5.75. The van der Waals surface area contributed by atoms with Gasteiger partial charge in [0.2, 0.25) is 0 Å². The summed E-state index contributed by atoms with van der Waals surface area (Å²) in [4.78, 5) is 0. The van der Waals surface area contributed by atoms with E-state index in [1.54, 1.807) is 6.92 Å². The van der Waals surface area contributed by atoms with Crippen molar-refractivity contribution in [2.45, 2.75) is 6.92 Å². The van der Waals surface area contributed by atoms with Gasteiger partial charge in [0.1, 0.15) is 0 Å². The van der Waals surface area contributed by atoms with Crippen molar-refractivity contribution < 1.29 is 36.2 Å². The summed E-state index contributed by atoms with van der Waals surface area (Å²) in [6.07, 6.45) is 0. The van der Waals surface area contributed by atoms with Gasteiger partial charge in [-0.3, -0.25) is 0 Å². The zero-order valence-corrected chi connectivity index (χ0v) is 8.03. The molecule has 0 atom stereocenters. The van der Waals surface area contributed by atoms with Crippen LogP contribution in [0, 0.1) is 31.1 Å². The van der Waals surface area contributed by atoms with E-state index in [1.165, 1.54) is 0 Å². The largest absolute Gasteiger partial charge is 0.392 e. The Hall–Kier alpha value is 0.752. The van der Waals surface area contributed by atoms with Gasteiger partial charge in [0.05, 0.1) is 6.61 Å². The summed E-state index contributed by atoms with van der Waals surface area (Å²) in [6.45, 7) is 5.31. The molecular formula is C4H8OU. The maximum absolute atomic E-state index is 8.04. The Bertz CT molecular complexity index is 42.8. The van der Waals surface area contributed by atoms with Crippen LogP contribution in [0.15, 0.2) is 12.2 Å². The van der Waals surface area contributed by atoms with Crippen LogP contribution < -0.4 is 0 Å². The Balaban J connectivity index is 0. The quantitative estimate of drug-likeness (QED) is 0.702. The minimum Gasteiger partial charge on any atom is -0.392 e. The molecule has 0 bridgehead atoms. The molecule has 0 fully saturated rings. The fourth-order valence-corrected chi connectivity index (χ4v) is 0. The summed E-state index contributed by atoms with van der Waals surface area (Å²) in [7, 11) is 0. The van der Waals surface area contributed by atoms with Crippen LogP contribution in [0.2, 0.25) is 0 Å². The number of aliphatic hydroxyl groups is 1. The summed E-state index contributed by atoms with van der Waals surface area (Å²) < 4.78 is 0. The van der Waals surface area contributed by atoms with Crippen molar-refractivity contribution in [1.29, 1.82) is 0 Å². The molecule has 0 aromatic heterocycles. The third kappa shape index (κ3) is 8.83. The molecule has 0 rings (SSSR count). The van der Waals surface area contributed by atoms with E-state index in [0.717, 1.165) is 5.57 Å². The van der Waals surface area contributed by atoms with E-state index in [2.05, 4.69) is 6.58 Å². The van der Waals surface area contributed by atoms with Gasteiger partial charge in [0.25, 0.3) is 0 Å². The predicted octanol–water partition coefficient (Wildman–Crippen LogP) is 0.555. The molecule has 0 unspecified atom stereocenters. The average molecular weight is 310 g/mol. The molecule has 0 aliphatic rings. The first-order valence-electron chi connectivity index (χ1n) is 1.52. The van der Waals surface area contributed by atoms with Crippen molar-refractivity contribution in [2.75, 3.05) is 6.61 Å². The predicted molar refractivity (Wildman–Crippen MR) is 21.9 cm³/mol. The van der Waals surface area contributed by atoms with E-state index in [9.17, 15) is 0 Å². The summed E-state index contributed by atoms with van der Waals surface area (Å²) in [6, 6.07) is 0. The van der Waals surface area contributed by atoms with Crippen LogP contribution in [0.25, 0.3) is 0 Å². The molecule has 0 spiro atoms. The van der Waals surface area contributed by atoms with Crippen LogP contribution in [-0.4, -0.2) is 11.7 Å². The zero-order chi connectivity index (χ0) is 4.28. The second-order valence-electron chi connectivity index (χ2n) is 1.12. The first-order valence-corrected chi connectivity index (χ1v) is 1.52. The molecule has 1 N–H and O–H groups in total. The topological polar surface area (TPSA) is 20.2 Å². The van der Waals surface area contributed by atoms with Crippen molar-refractivity contribution in [2.24, 2.45) is 0 Å². The van der Waals surface area contributed by atoms with E-state index in [4.69, 9.17) is 5.11 Å². The maximum Gasteiger partial charge on any atom is 0.0636 e. The van der Waals surface area contributed by atoms with Gasteiger partial charge in [-0.25, -0.2) is 0 Å². The van der Waals surface area contributed by atoms with Gasteiger partial charge < -0.3 is 5.11 Å². The normalized spacial score (nSPS) is 6.33. The minimum absolute atomic E-state index is 0. The maximum atomic E-state index is 8.04. The van der Waals surface area contributed by atoms with E-state index >= 15 is 0 Å². The van der Waals surface area contributed by atoms with Crippen molar-refractivity contribution in [3.05, 3.63) is 12.2 Å². The first-order chi connectivity index (χ1) is 2.27. The Morgan fingerprint density at radius 1 is 1.83 bits per heavy atom. The molecule has 0 heterocycles. The van der Waals surface area contributed by atoms with Gasteiger partial charge >= 0.3 is 0 Å². The molecular weight excluding hydrogens is 302 g/mol. The molecule has 0 saturated heterocycles. The number of aliphatic hydroxyl groups excluding tert-OH is 1. The summed E-state index contributed by atoms with van der Waals surface area (Å²) in [5.74, 6) is 0. The van der Waals surface area contributed by atoms with Crippen LogP contribution in [0.5, 0.6) is 0 Å². The van der Waals surface area contributed by atoms with Gasteiger partial charge in [-0.15, -0.1) is 0 Å². The van der Waals surface area contributed by atoms with Gasteiger partial charge in [-0.05, 0) is 6.92 Å². The second-order valence-corrected chi connectivity index (χ2v) is 1.12. The average Bonchev–Trinajstić information content (AvgIpc) is 1.38. The van der Waals surface area contributed by atoms with E-state index in [-0.39, 0.29) is 37.7 Å². The smallest absolute Gasteiger partial charge is 0.0636 e. The van der Waals surface area contributed by atoms with E-state index in [1.807, 2.05) is 0 Å². The molecule has 34 valence electrons. The Labute approximate surface area is 61.8 Å². The van der Waals surface area contributed by atoms with E-state index in [0.29, 0.717) is 0 Å². The molecule has 0 aromatic carbocycles. The number of hydrogen-bond donors (Lipinski definition) is 1. The molecule has 6 heavy (non-hydrogen) atoms. The summed E-state index contributed by atoms with van der Waals surface area (Å²) in [5.41, 5.74) is 0.810. The van der Waals surface area contributed by atoms with Gasteiger partial charge in [-0.1, -0.05) is 12.2 Å². The molecule has 0 saturated carbocycles. The molecule has 0 aliphatic heterocycles. The zero-order valence-electron chi connectivity index (χ0n) is 3.86. The number of rotatable bonds is 1. The summed E-state index contributed by atoms with van der Waals surface area (Å²) in [5, 5.41) is 8.04. The van der Waals surface area contributed by atoms with Gasteiger partial charge in [0, 0.05) is 31.1 Å². The van der Waals surface area contributed by atoms with Crippen molar-refractivity contribution in [3.8, 4) is 0 Å². The molecule has 0 aromatic rings. The van der Waals surface area contributed by atoms with E-state index < -0.39 is 0 Å². The van der Waals surface area contributed by atoms with Crippen molar-refractivity contribution in [3.63, 3.8) is 0 Å². The van der Waals surface area contributed by atoms with Crippen molar-refractivity contribution in [1.82, 2.24) is 0 Å². The third-order valence-corrected chi connectivity index (χ3v) is 0.270. The Kier molecular flexibility index (Phi) is 9.48. The molecule has 0 aliphatic carbocycles. The monoisotopic (exact) mass is 310 g/mol. The SMILES string of the molecule is C=C(C)CO.[U]. The first kappa shape index (κ1) is 9.89. The van der Waals surface area contributed by atoms with Crippen LogP contribution in [0.1, 0.15) is 6.92 Å². The van der Waals surface area contributed by atoms with Crippen LogP contribution in [0.3, 0.4) is 0 Å². The molecule has 2 heteroatoms. The molecule has 1 nitrogen and oxygen atoms in total.